The van der Waals surface area contributed by atoms with E-state index in [1.54, 1.807) is 18.3 Å². The van der Waals surface area contributed by atoms with E-state index in [0.29, 0.717) is 17.5 Å². The normalized spacial score (nSPS) is 10.4. The molecule has 0 radical (unpaired) electrons. The number of rotatable bonds is 6. The van der Waals surface area contributed by atoms with Crippen LogP contribution in [0.1, 0.15) is 25.3 Å². The van der Waals surface area contributed by atoms with E-state index >= 15 is 0 Å². The van der Waals surface area contributed by atoms with Crippen molar-refractivity contribution in [2.45, 2.75) is 19.8 Å². The molecule has 2 aromatic rings. The van der Waals surface area contributed by atoms with Crippen LogP contribution >= 0.6 is 0 Å². The third-order valence-electron chi connectivity index (χ3n) is 3.12. The number of anilines is 2. The zero-order valence-corrected chi connectivity index (χ0v) is 12.7. The van der Waals surface area contributed by atoms with Crippen LogP contribution in [0.25, 0.3) is 0 Å². The molecule has 1 heterocycles. The van der Waals surface area contributed by atoms with Gasteiger partial charge in [-0.15, -0.1) is 0 Å². The lowest BCUT2D eigenvalue weighted by atomic mass is 10.0. The Labute approximate surface area is 129 Å². The molecule has 0 spiro atoms. The smallest absolute Gasteiger partial charge is 0.262 e. The highest BCUT2D eigenvalue weighted by Crippen LogP contribution is 2.24. The molecule has 6 heteroatoms. The van der Waals surface area contributed by atoms with E-state index in [9.17, 15) is 4.79 Å². The molecule has 4 N–H and O–H groups in total. The second-order valence-corrected chi connectivity index (χ2v) is 5.07. The maximum Gasteiger partial charge on any atom is 0.262 e. The summed E-state index contributed by atoms with van der Waals surface area (Å²) >= 11 is 0. The van der Waals surface area contributed by atoms with E-state index in [2.05, 4.69) is 29.6 Å². The number of pyridine rings is 1. The first-order chi connectivity index (χ1) is 10.6. The standard InChI is InChI=1S/C16H20N4O2/c1-11(2)12-6-3-4-7-13(12)19-15(21)10-22-14-8-5-9-18-16(14)20-17/h3-9,11H,10,17H2,1-2H3,(H,18,20)(H,19,21). The number of ether oxygens (including phenoxy) is 1. The molecule has 22 heavy (non-hydrogen) atoms. The van der Waals surface area contributed by atoms with Gasteiger partial charge in [0, 0.05) is 11.9 Å². The minimum absolute atomic E-state index is 0.118. The predicted octanol–water partition coefficient (Wildman–Crippen LogP) is 2.51. The molecule has 0 saturated carbocycles. The number of carbonyl (C=O) groups is 1. The second-order valence-electron chi connectivity index (χ2n) is 5.07. The zero-order valence-electron chi connectivity index (χ0n) is 12.7. The lowest BCUT2D eigenvalue weighted by Crippen LogP contribution is -2.22. The number of benzene rings is 1. The molecule has 1 aromatic carbocycles. The summed E-state index contributed by atoms with van der Waals surface area (Å²) in [5.74, 6) is 6.24. The Kier molecular flexibility index (Phi) is 5.32. The van der Waals surface area contributed by atoms with Gasteiger partial charge in [0.15, 0.2) is 18.2 Å². The summed E-state index contributed by atoms with van der Waals surface area (Å²) in [6.45, 7) is 4.04. The molecule has 0 aliphatic rings. The topological polar surface area (TPSA) is 89.3 Å². The number of hydrogen-bond acceptors (Lipinski definition) is 5. The van der Waals surface area contributed by atoms with E-state index in [0.717, 1.165) is 11.3 Å². The maximum atomic E-state index is 12.1. The average Bonchev–Trinajstić information content (AvgIpc) is 2.53. The Balaban J connectivity index is 1.99. The molecular weight excluding hydrogens is 280 g/mol. The van der Waals surface area contributed by atoms with Crippen molar-refractivity contribution in [3.05, 3.63) is 48.2 Å². The first kappa shape index (κ1) is 15.8. The van der Waals surface area contributed by atoms with Crippen LogP contribution in [0.3, 0.4) is 0 Å². The second kappa shape index (κ2) is 7.42. The number of hydrogen-bond donors (Lipinski definition) is 3. The molecule has 0 unspecified atom stereocenters. The lowest BCUT2D eigenvalue weighted by molar-refractivity contribution is -0.118. The Morgan fingerprint density at radius 3 is 2.77 bits per heavy atom. The summed E-state index contributed by atoms with van der Waals surface area (Å²) in [6.07, 6.45) is 1.58. The quantitative estimate of drug-likeness (QED) is 0.563. The highest BCUT2D eigenvalue weighted by atomic mass is 16.5. The highest BCUT2D eigenvalue weighted by molar-refractivity contribution is 5.92. The third-order valence-corrected chi connectivity index (χ3v) is 3.12. The molecule has 0 fully saturated rings. The molecule has 0 saturated heterocycles. The Bertz CT molecular complexity index is 644. The molecule has 1 aromatic heterocycles. The molecule has 6 nitrogen and oxygen atoms in total. The van der Waals surface area contributed by atoms with Gasteiger partial charge < -0.3 is 15.5 Å². The fourth-order valence-corrected chi connectivity index (χ4v) is 2.06. The number of nitrogens with two attached hydrogens (primary N) is 1. The Morgan fingerprint density at radius 1 is 1.27 bits per heavy atom. The van der Waals surface area contributed by atoms with Crippen molar-refractivity contribution in [2.24, 2.45) is 5.84 Å². The van der Waals surface area contributed by atoms with Crippen LogP contribution in [0, 0.1) is 0 Å². The Hall–Kier alpha value is -2.60. The summed E-state index contributed by atoms with van der Waals surface area (Å²) in [5, 5.41) is 2.86. The number of aromatic nitrogens is 1. The van der Waals surface area contributed by atoms with Crippen LogP contribution in [0.5, 0.6) is 5.75 Å². The molecule has 2 rings (SSSR count). The highest BCUT2D eigenvalue weighted by Gasteiger charge is 2.10. The van der Waals surface area contributed by atoms with Crippen molar-refractivity contribution in [1.82, 2.24) is 4.98 Å². The molecule has 116 valence electrons. The number of para-hydroxylation sites is 1. The van der Waals surface area contributed by atoms with E-state index in [1.165, 1.54) is 0 Å². The van der Waals surface area contributed by atoms with Gasteiger partial charge in [-0.25, -0.2) is 10.8 Å². The molecule has 0 atom stereocenters. The third kappa shape index (κ3) is 3.95. The van der Waals surface area contributed by atoms with Crippen molar-refractivity contribution in [2.75, 3.05) is 17.3 Å². The fraction of sp³-hybridized carbons (Fsp3) is 0.250. The van der Waals surface area contributed by atoms with Gasteiger partial charge in [-0.1, -0.05) is 32.0 Å². The summed E-state index contributed by atoms with van der Waals surface area (Å²) in [4.78, 5) is 16.1. The monoisotopic (exact) mass is 300 g/mol. The van der Waals surface area contributed by atoms with Crippen molar-refractivity contribution < 1.29 is 9.53 Å². The number of nitrogens with one attached hydrogen (secondary N) is 2. The first-order valence-corrected chi connectivity index (χ1v) is 7.05. The zero-order chi connectivity index (χ0) is 15.9. The van der Waals surface area contributed by atoms with Crippen molar-refractivity contribution in [3.63, 3.8) is 0 Å². The number of nitrogen functional groups attached to an aromatic ring is 1. The van der Waals surface area contributed by atoms with E-state index in [1.807, 2.05) is 24.3 Å². The van der Waals surface area contributed by atoms with Crippen molar-refractivity contribution >= 4 is 17.4 Å². The summed E-state index contributed by atoms with van der Waals surface area (Å²) in [6, 6.07) is 11.1. The first-order valence-electron chi connectivity index (χ1n) is 7.05. The largest absolute Gasteiger partial charge is 0.480 e. The van der Waals surface area contributed by atoms with Crippen LogP contribution in [0.15, 0.2) is 42.6 Å². The number of amides is 1. The number of carbonyl (C=O) groups excluding carboxylic acids is 1. The molecule has 0 aliphatic heterocycles. The van der Waals surface area contributed by atoms with Gasteiger partial charge in [0.1, 0.15) is 0 Å². The summed E-state index contributed by atoms with van der Waals surface area (Å²) < 4.78 is 5.45. The average molecular weight is 300 g/mol. The molecule has 0 aliphatic carbocycles. The fourth-order valence-electron chi connectivity index (χ4n) is 2.06. The van der Waals surface area contributed by atoms with Crippen LogP contribution in [0.4, 0.5) is 11.5 Å². The molecule has 0 bridgehead atoms. The lowest BCUT2D eigenvalue weighted by Gasteiger charge is -2.14. The van der Waals surface area contributed by atoms with E-state index in [-0.39, 0.29) is 12.5 Å². The van der Waals surface area contributed by atoms with Crippen LogP contribution < -0.4 is 21.3 Å². The summed E-state index contributed by atoms with van der Waals surface area (Å²) in [5.41, 5.74) is 4.31. The van der Waals surface area contributed by atoms with Gasteiger partial charge in [0.25, 0.3) is 5.91 Å². The van der Waals surface area contributed by atoms with Gasteiger partial charge in [0.05, 0.1) is 0 Å². The van der Waals surface area contributed by atoms with E-state index in [4.69, 9.17) is 10.6 Å². The van der Waals surface area contributed by atoms with Crippen LogP contribution in [0.2, 0.25) is 0 Å². The van der Waals surface area contributed by atoms with Crippen LogP contribution in [-0.4, -0.2) is 17.5 Å². The number of nitrogens with zero attached hydrogens (tertiary/aromatic N) is 1. The van der Waals surface area contributed by atoms with Crippen molar-refractivity contribution in [3.8, 4) is 5.75 Å². The SMILES string of the molecule is CC(C)c1ccccc1NC(=O)COc1cccnc1NN. The van der Waals surface area contributed by atoms with Crippen LogP contribution in [-0.2, 0) is 4.79 Å². The predicted molar refractivity (Wildman–Crippen MR) is 86.7 cm³/mol. The summed E-state index contributed by atoms with van der Waals surface area (Å²) in [7, 11) is 0. The Morgan fingerprint density at radius 2 is 2.05 bits per heavy atom. The van der Waals surface area contributed by atoms with Crippen molar-refractivity contribution in [1.29, 1.82) is 0 Å². The maximum absolute atomic E-state index is 12.1. The molecular formula is C16H20N4O2. The minimum atomic E-state index is -0.236. The van der Waals surface area contributed by atoms with Gasteiger partial charge in [0.2, 0.25) is 0 Å². The van der Waals surface area contributed by atoms with E-state index < -0.39 is 0 Å². The number of hydrazine groups is 1. The van der Waals surface area contributed by atoms with Gasteiger partial charge in [-0.2, -0.15) is 0 Å². The van der Waals surface area contributed by atoms with Gasteiger partial charge in [-0.05, 0) is 29.7 Å². The minimum Gasteiger partial charge on any atom is -0.480 e. The molecule has 1 amide bonds. The van der Waals surface area contributed by atoms with Gasteiger partial charge >= 0.3 is 0 Å². The van der Waals surface area contributed by atoms with Gasteiger partial charge in [-0.3, -0.25) is 4.79 Å².